The van der Waals surface area contributed by atoms with Crippen molar-refractivity contribution < 1.29 is 19.4 Å². The van der Waals surface area contributed by atoms with Crippen molar-refractivity contribution in [2.75, 3.05) is 6.66 Å². The van der Waals surface area contributed by atoms with Gasteiger partial charge in [0, 0.05) is 25.5 Å². The van der Waals surface area contributed by atoms with Crippen LogP contribution in [0.15, 0.2) is 54.9 Å². The van der Waals surface area contributed by atoms with Gasteiger partial charge in [0.2, 0.25) is 7.37 Å². The molecule has 0 saturated heterocycles. The first kappa shape index (κ1) is 15.4. The van der Waals surface area contributed by atoms with Crippen LogP contribution in [0.25, 0.3) is 0 Å². The fourth-order valence-corrected chi connectivity index (χ4v) is 3.83. The summed E-state index contributed by atoms with van der Waals surface area (Å²) in [5, 5.41) is 7.86. The highest BCUT2D eigenvalue weighted by Gasteiger charge is 2.52. The van der Waals surface area contributed by atoms with Gasteiger partial charge in [-0.05, 0) is 23.3 Å². The Hall–Kier alpha value is -1.97. The van der Waals surface area contributed by atoms with Crippen LogP contribution in [0.3, 0.4) is 0 Å². The molecule has 2 unspecified atom stereocenters. The summed E-state index contributed by atoms with van der Waals surface area (Å²) >= 11 is 0. The van der Waals surface area contributed by atoms with Crippen LogP contribution < -0.4 is 0 Å². The van der Waals surface area contributed by atoms with Gasteiger partial charge in [-0.2, -0.15) is 0 Å². The maximum atomic E-state index is 12.4. The summed E-state index contributed by atoms with van der Waals surface area (Å²) in [6.07, 6.45) is 2.99. The normalized spacial score (nSPS) is 16.7. The first-order valence-electron chi connectivity index (χ1n) is 6.36. The highest BCUT2D eigenvalue weighted by atomic mass is 31.2. The molecule has 0 aliphatic heterocycles. The summed E-state index contributed by atoms with van der Waals surface area (Å²) in [7, 11) is -3.97. The van der Waals surface area contributed by atoms with E-state index < -0.39 is 18.5 Å². The van der Waals surface area contributed by atoms with Gasteiger partial charge in [-0.25, -0.2) is 0 Å². The second-order valence-corrected chi connectivity index (χ2v) is 7.46. The summed E-state index contributed by atoms with van der Waals surface area (Å²) in [5.41, 5.74) is 0.968. The molecule has 21 heavy (non-hydrogen) atoms. The molecule has 0 radical (unpaired) electrons. The number of hydrogen-bond acceptors (Lipinski definition) is 3. The van der Waals surface area contributed by atoms with E-state index in [1.165, 1.54) is 12.4 Å². The molecule has 5 nitrogen and oxygen atoms in total. The Morgan fingerprint density at radius 3 is 2.24 bits per heavy atom. The average molecular weight is 305 g/mol. The lowest BCUT2D eigenvalue weighted by molar-refractivity contribution is -0.140. The topological polar surface area (TPSA) is 87.5 Å². The molecule has 2 aromatic rings. The molecule has 1 heterocycles. The molecule has 0 spiro atoms. The first-order chi connectivity index (χ1) is 9.88. The standard InChI is InChI=1S/C15H16NO4P/c1-21(19,20)15(14(17)18,13-5-3-2-4-6-13)11-12-7-9-16-10-8-12/h2-10H,11H2,1H3,(H,17,18)(H,19,20). The van der Waals surface area contributed by atoms with E-state index in [4.69, 9.17) is 0 Å². The van der Waals surface area contributed by atoms with Crippen LogP contribution in [0.5, 0.6) is 0 Å². The van der Waals surface area contributed by atoms with Gasteiger partial charge >= 0.3 is 5.97 Å². The lowest BCUT2D eigenvalue weighted by Gasteiger charge is -2.32. The third-order valence-corrected chi connectivity index (χ3v) is 5.55. The number of aliphatic carboxylic acids is 1. The molecule has 0 amide bonds. The van der Waals surface area contributed by atoms with E-state index >= 15 is 0 Å². The molecular weight excluding hydrogens is 289 g/mol. The Balaban J connectivity index is 2.63. The molecule has 2 N–H and O–H groups in total. The minimum Gasteiger partial charge on any atom is -0.480 e. The largest absolute Gasteiger partial charge is 0.480 e. The smallest absolute Gasteiger partial charge is 0.324 e. The number of aromatic nitrogens is 1. The quantitative estimate of drug-likeness (QED) is 0.829. The SMILES string of the molecule is CP(=O)(O)C(Cc1ccncc1)(C(=O)O)c1ccccc1. The van der Waals surface area contributed by atoms with E-state index in [9.17, 15) is 19.4 Å². The van der Waals surface area contributed by atoms with Crippen molar-refractivity contribution in [3.05, 3.63) is 66.0 Å². The molecule has 2 rings (SSSR count). The van der Waals surface area contributed by atoms with Gasteiger partial charge in [0.25, 0.3) is 0 Å². The fraction of sp³-hybridized carbons (Fsp3) is 0.200. The number of hydrogen-bond donors (Lipinski definition) is 2. The Kier molecular flexibility index (Phi) is 4.26. The number of carboxylic acids is 1. The summed E-state index contributed by atoms with van der Waals surface area (Å²) in [6.45, 7) is 1.09. The van der Waals surface area contributed by atoms with E-state index in [0.29, 0.717) is 11.1 Å². The van der Waals surface area contributed by atoms with Gasteiger partial charge in [-0.3, -0.25) is 14.3 Å². The molecular formula is C15H16NO4P. The highest BCUT2D eigenvalue weighted by molar-refractivity contribution is 7.59. The molecule has 2 atom stereocenters. The van der Waals surface area contributed by atoms with Crippen LogP contribution in [0, 0.1) is 0 Å². The van der Waals surface area contributed by atoms with Crippen molar-refractivity contribution >= 4 is 13.3 Å². The Labute approximate surface area is 122 Å². The minimum atomic E-state index is -3.97. The molecule has 0 fully saturated rings. The Bertz CT molecular complexity index is 669. The molecule has 110 valence electrons. The number of carboxylic acid groups (broad SMARTS) is 1. The lowest BCUT2D eigenvalue weighted by Crippen LogP contribution is -2.37. The van der Waals surface area contributed by atoms with Crippen LogP contribution in [0.2, 0.25) is 0 Å². The zero-order chi connectivity index (χ0) is 15.5. The summed E-state index contributed by atoms with van der Waals surface area (Å²) in [4.78, 5) is 26.0. The average Bonchev–Trinajstić information content (AvgIpc) is 2.45. The van der Waals surface area contributed by atoms with E-state index in [-0.39, 0.29) is 6.42 Å². The van der Waals surface area contributed by atoms with Crippen LogP contribution in [-0.2, 0) is 20.9 Å². The van der Waals surface area contributed by atoms with E-state index in [1.807, 2.05) is 0 Å². The molecule has 0 saturated carbocycles. The van der Waals surface area contributed by atoms with Crippen molar-refractivity contribution in [1.29, 1.82) is 0 Å². The minimum absolute atomic E-state index is 0.0703. The number of benzene rings is 1. The van der Waals surface area contributed by atoms with E-state index in [2.05, 4.69) is 4.98 Å². The molecule has 1 aromatic carbocycles. The summed E-state index contributed by atoms with van der Waals surface area (Å²) in [6, 6.07) is 11.5. The van der Waals surface area contributed by atoms with Gasteiger partial charge in [0.1, 0.15) is 0 Å². The maximum absolute atomic E-state index is 12.4. The van der Waals surface area contributed by atoms with Crippen molar-refractivity contribution in [1.82, 2.24) is 4.98 Å². The van der Waals surface area contributed by atoms with E-state index in [0.717, 1.165) is 6.66 Å². The maximum Gasteiger partial charge on any atom is 0.324 e. The second-order valence-electron chi connectivity index (χ2n) is 4.94. The van der Waals surface area contributed by atoms with Crippen LogP contribution in [0.1, 0.15) is 11.1 Å². The van der Waals surface area contributed by atoms with Gasteiger partial charge in [0.05, 0.1) is 0 Å². The number of carbonyl (C=O) groups is 1. The van der Waals surface area contributed by atoms with Gasteiger partial charge in [-0.15, -0.1) is 0 Å². The summed E-state index contributed by atoms with van der Waals surface area (Å²) in [5.74, 6) is -1.31. The Morgan fingerprint density at radius 2 is 1.76 bits per heavy atom. The predicted octanol–water partition coefficient (Wildman–Crippen LogP) is 2.50. The zero-order valence-corrected chi connectivity index (χ0v) is 12.4. The summed E-state index contributed by atoms with van der Waals surface area (Å²) < 4.78 is 12.4. The highest BCUT2D eigenvalue weighted by Crippen LogP contribution is 2.59. The fourth-order valence-electron chi connectivity index (χ4n) is 2.37. The third-order valence-electron chi connectivity index (χ3n) is 3.52. The van der Waals surface area contributed by atoms with Crippen molar-refractivity contribution in [3.8, 4) is 0 Å². The van der Waals surface area contributed by atoms with Gasteiger partial charge < -0.3 is 10.00 Å². The number of pyridine rings is 1. The van der Waals surface area contributed by atoms with Crippen molar-refractivity contribution in [2.45, 2.75) is 11.6 Å². The monoisotopic (exact) mass is 305 g/mol. The lowest BCUT2D eigenvalue weighted by atomic mass is 9.91. The molecule has 1 aromatic heterocycles. The van der Waals surface area contributed by atoms with Gasteiger partial charge in [0.15, 0.2) is 5.16 Å². The predicted molar refractivity (Wildman–Crippen MR) is 79.4 cm³/mol. The molecule has 0 bridgehead atoms. The Morgan fingerprint density at radius 1 is 1.19 bits per heavy atom. The third kappa shape index (κ3) is 2.89. The van der Waals surface area contributed by atoms with Gasteiger partial charge in [-0.1, -0.05) is 30.3 Å². The second kappa shape index (κ2) is 5.80. The van der Waals surface area contributed by atoms with E-state index in [1.54, 1.807) is 42.5 Å². The molecule has 6 heteroatoms. The molecule has 0 aliphatic carbocycles. The van der Waals surface area contributed by atoms with Crippen LogP contribution in [-0.4, -0.2) is 27.6 Å². The first-order valence-corrected chi connectivity index (χ1v) is 8.47. The van der Waals surface area contributed by atoms with Crippen molar-refractivity contribution in [2.24, 2.45) is 0 Å². The zero-order valence-electron chi connectivity index (χ0n) is 11.5. The molecule has 0 aliphatic rings. The van der Waals surface area contributed by atoms with Crippen LogP contribution in [0.4, 0.5) is 0 Å². The number of rotatable bonds is 5. The van der Waals surface area contributed by atoms with Crippen LogP contribution >= 0.6 is 7.37 Å². The van der Waals surface area contributed by atoms with Crippen molar-refractivity contribution in [3.63, 3.8) is 0 Å². The number of nitrogens with zero attached hydrogens (tertiary/aromatic N) is 1.